The third kappa shape index (κ3) is 4.36. The molecule has 0 unspecified atom stereocenters. The van der Waals surface area contributed by atoms with Crippen LogP contribution in [-0.4, -0.2) is 42.9 Å². The van der Waals surface area contributed by atoms with Crippen LogP contribution in [0.3, 0.4) is 0 Å². The van der Waals surface area contributed by atoms with Crippen LogP contribution < -0.4 is 11.1 Å². The molecule has 0 aromatic heterocycles. The minimum Gasteiger partial charge on any atom is -0.373 e. The van der Waals surface area contributed by atoms with E-state index in [1.807, 2.05) is 0 Å². The van der Waals surface area contributed by atoms with Crippen molar-refractivity contribution in [1.82, 2.24) is 0 Å². The van der Waals surface area contributed by atoms with Crippen molar-refractivity contribution in [3.63, 3.8) is 0 Å². The molecule has 1 atom stereocenters. The molecule has 1 rings (SSSR count). The topological polar surface area (TPSA) is 127 Å². The Balaban J connectivity index is 3.10. The van der Waals surface area contributed by atoms with Crippen LogP contribution in [0.4, 0.5) is 18.9 Å². The van der Waals surface area contributed by atoms with Crippen molar-refractivity contribution in [2.45, 2.75) is 23.6 Å². The van der Waals surface area contributed by atoms with E-state index >= 15 is 0 Å². The number of hydrogen-bond donors (Lipinski definition) is 3. The summed E-state index contributed by atoms with van der Waals surface area (Å²) < 4.78 is 61.3. The van der Waals surface area contributed by atoms with Crippen molar-refractivity contribution in [2.75, 3.05) is 11.1 Å². The van der Waals surface area contributed by atoms with Gasteiger partial charge in [-0.3, -0.25) is 9.59 Å². The van der Waals surface area contributed by atoms with Crippen LogP contribution in [0.25, 0.3) is 0 Å². The van der Waals surface area contributed by atoms with Crippen molar-refractivity contribution in [3.8, 4) is 0 Å². The fourth-order valence-corrected chi connectivity index (χ4v) is 2.84. The molecule has 0 spiro atoms. The number of sulfone groups is 1. The largest absolute Gasteiger partial charge is 0.426 e. The molecule has 12 heteroatoms. The van der Waals surface area contributed by atoms with Crippen molar-refractivity contribution < 1.29 is 36.3 Å². The Morgan fingerprint density at radius 1 is 1.33 bits per heavy atom. The van der Waals surface area contributed by atoms with Crippen molar-refractivity contribution in [1.29, 1.82) is 0 Å². The number of anilines is 1. The van der Waals surface area contributed by atoms with Gasteiger partial charge in [0.25, 0.3) is 5.91 Å². The number of carbonyl (C=O) groups excluding carboxylic acids is 2. The van der Waals surface area contributed by atoms with E-state index in [0.29, 0.717) is 0 Å². The molecule has 1 aromatic rings. The van der Waals surface area contributed by atoms with E-state index in [0.717, 1.165) is 18.2 Å². The van der Waals surface area contributed by atoms with Gasteiger partial charge in [-0.1, -0.05) is 11.6 Å². The van der Waals surface area contributed by atoms with Gasteiger partial charge in [-0.25, -0.2) is 8.42 Å². The van der Waals surface area contributed by atoms with E-state index in [1.54, 1.807) is 5.32 Å². The monoisotopic (exact) mass is 388 g/mol. The number of nitrogens with one attached hydrogen (secondary N) is 1. The summed E-state index contributed by atoms with van der Waals surface area (Å²) in [5, 5.41) is 10.6. The zero-order valence-electron chi connectivity index (χ0n) is 12.0. The highest BCUT2D eigenvalue weighted by Crippen LogP contribution is 2.32. The molecule has 4 N–H and O–H groups in total. The second-order valence-electron chi connectivity index (χ2n) is 4.89. The molecule has 0 aliphatic heterocycles. The van der Waals surface area contributed by atoms with Crippen LogP contribution in [0.15, 0.2) is 23.1 Å². The third-order valence-corrected chi connectivity index (χ3v) is 4.82. The highest BCUT2D eigenvalue weighted by molar-refractivity contribution is 7.92. The molecular weight excluding hydrogens is 377 g/mol. The average molecular weight is 389 g/mol. The number of amides is 2. The second-order valence-corrected chi connectivity index (χ2v) is 7.29. The Morgan fingerprint density at radius 2 is 1.88 bits per heavy atom. The number of rotatable bonds is 5. The van der Waals surface area contributed by atoms with E-state index in [-0.39, 0.29) is 12.6 Å². The standard InChI is InChI=1S/C12H12ClF3N2O5S/c1-11(21,12(14,15)16)10(20)18-8-3-2-6(4-7(8)13)24(22,23)5-9(17)19/h2-4,21H,5H2,1H3,(H2,17,19)(H,18,20)/t11-/m1/s1. The number of carbonyl (C=O) groups is 2. The van der Waals surface area contributed by atoms with Gasteiger partial charge in [0, 0.05) is 0 Å². The molecule has 0 saturated heterocycles. The molecule has 1 aromatic carbocycles. The maximum Gasteiger partial charge on any atom is 0.426 e. The smallest absolute Gasteiger partial charge is 0.373 e. The molecule has 0 saturated carbocycles. The number of halogens is 4. The fourth-order valence-electron chi connectivity index (χ4n) is 1.43. The highest BCUT2D eigenvalue weighted by Gasteiger charge is 2.55. The first kappa shape index (κ1) is 20.2. The van der Waals surface area contributed by atoms with E-state index in [9.17, 15) is 36.3 Å². The van der Waals surface area contributed by atoms with Gasteiger partial charge in [-0.05, 0) is 25.1 Å². The third-order valence-electron chi connectivity index (χ3n) is 2.87. The second kappa shape index (κ2) is 6.57. The average Bonchev–Trinajstić information content (AvgIpc) is 2.37. The summed E-state index contributed by atoms with van der Waals surface area (Å²) in [7, 11) is -4.08. The van der Waals surface area contributed by atoms with Gasteiger partial charge in [0.05, 0.1) is 15.6 Å². The number of aliphatic hydroxyl groups is 1. The minimum atomic E-state index is -5.23. The molecule has 134 valence electrons. The summed E-state index contributed by atoms with van der Waals surface area (Å²) in [6.45, 7) is 0.252. The van der Waals surface area contributed by atoms with Gasteiger partial charge in [0.15, 0.2) is 9.84 Å². The van der Waals surface area contributed by atoms with Gasteiger partial charge in [0.1, 0.15) is 5.75 Å². The number of primary amides is 1. The normalized spacial score (nSPS) is 14.8. The van der Waals surface area contributed by atoms with Crippen LogP contribution in [0.1, 0.15) is 6.92 Å². The van der Waals surface area contributed by atoms with Crippen LogP contribution in [0, 0.1) is 0 Å². The molecule has 7 nitrogen and oxygen atoms in total. The summed E-state index contributed by atoms with van der Waals surface area (Å²) in [4.78, 5) is 21.8. The molecule has 24 heavy (non-hydrogen) atoms. The SMILES string of the molecule is C[C@@](O)(C(=O)Nc1ccc(S(=O)(=O)CC(N)=O)cc1Cl)C(F)(F)F. The Bertz CT molecular complexity index is 777. The Kier molecular flexibility index (Phi) is 5.53. The Labute approximate surface area is 139 Å². The molecule has 0 aliphatic carbocycles. The van der Waals surface area contributed by atoms with Gasteiger partial charge < -0.3 is 16.2 Å². The first-order valence-electron chi connectivity index (χ1n) is 6.09. The maximum absolute atomic E-state index is 12.6. The first-order chi connectivity index (χ1) is 10.7. The Morgan fingerprint density at radius 3 is 2.29 bits per heavy atom. The van der Waals surface area contributed by atoms with Crippen LogP contribution >= 0.6 is 11.6 Å². The minimum absolute atomic E-state index is 0.252. The van der Waals surface area contributed by atoms with Gasteiger partial charge in [0.2, 0.25) is 11.5 Å². The number of alkyl halides is 3. The van der Waals surface area contributed by atoms with Crippen molar-refractivity contribution in [2.24, 2.45) is 5.73 Å². The molecule has 0 fully saturated rings. The van der Waals surface area contributed by atoms with E-state index < -0.39 is 49.1 Å². The quantitative estimate of drug-likeness (QED) is 0.689. The number of hydrogen-bond acceptors (Lipinski definition) is 5. The number of benzene rings is 1. The van der Waals surface area contributed by atoms with Crippen molar-refractivity contribution >= 4 is 38.9 Å². The van der Waals surface area contributed by atoms with Crippen molar-refractivity contribution in [3.05, 3.63) is 23.2 Å². The summed E-state index contributed by atoms with van der Waals surface area (Å²) in [5.74, 6) is -3.90. The molecule has 0 heterocycles. The highest BCUT2D eigenvalue weighted by atomic mass is 35.5. The summed E-state index contributed by atoms with van der Waals surface area (Å²) in [5.41, 5.74) is 0.765. The first-order valence-corrected chi connectivity index (χ1v) is 8.12. The summed E-state index contributed by atoms with van der Waals surface area (Å²) in [6.07, 6.45) is -5.23. The van der Waals surface area contributed by atoms with Crippen LogP contribution in [-0.2, 0) is 19.4 Å². The number of nitrogens with two attached hydrogens (primary N) is 1. The zero-order chi connectivity index (χ0) is 18.9. The molecule has 0 aliphatic rings. The van der Waals surface area contributed by atoms with E-state index in [2.05, 4.69) is 0 Å². The lowest BCUT2D eigenvalue weighted by molar-refractivity contribution is -0.242. The van der Waals surface area contributed by atoms with Gasteiger partial charge >= 0.3 is 6.18 Å². The predicted molar refractivity (Wildman–Crippen MR) is 78.0 cm³/mol. The van der Waals surface area contributed by atoms with Crippen LogP contribution in [0.5, 0.6) is 0 Å². The van der Waals surface area contributed by atoms with E-state index in [1.165, 1.54) is 0 Å². The molecule has 0 radical (unpaired) electrons. The predicted octanol–water partition coefficient (Wildman–Crippen LogP) is 0.851. The summed E-state index contributed by atoms with van der Waals surface area (Å²) in [6, 6.07) is 2.67. The summed E-state index contributed by atoms with van der Waals surface area (Å²) >= 11 is 5.72. The zero-order valence-corrected chi connectivity index (χ0v) is 13.6. The molecule has 2 amide bonds. The molecule has 0 bridgehead atoms. The lowest BCUT2D eigenvalue weighted by atomic mass is 10.1. The molecular formula is C12H12ClF3N2O5S. The lowest BCUT2D eigenvalue weighted by Gasteiger charge is -2.25. The Hall–Kier alpha value is -1.85. The maximum atomic E-state index is 12.6. The van der Waals surface area contributed by atoms with E-state index in [4.69, 9.17) is 17.3 Å². The van der Waals surface area contributed by atoms with Gasteiger partial charge in [-0.15, -0.1) is 0 Å². The fraction of sp³-hybridized carbons (Fsp3) is 0.333. The van der Waals surface area contributed by atoms with Gasteiger partial charge in [-0.2, -0.15) is 13.2 Å². The van der Waals surface area contributed by atoms with Crippen LogP contribution in [0.2, 0.25) is 5.02 Å². The lowest BCUT2D eigenvalue weighted by Crippen LogP contribution is -2.52.